The van der Waals surface area contributed by atoms with Gasteiger partial charge in [-0.2, -0.15) is 0 Å². The van der Waals surface area contributed by atoms with E-state index in [9.17, 15) is 18.3 Å². The van der Waals surface area contributed by atoms with Gasteiger partial charge in [0.25, 0.3) is 5.91 Å². The van der Waals surface area contributed by atoms with E-state index in [-0.39, 0.29) is 23.2 Å². The minimum atomic E-state index is -3.94. The average molecular weight is 655 g/mol. The number of aliphatic hydroxyl groups excluding tert-OH is 1. The lowest BCUT2D eigenvalue weighted by Crippen LogP contribution is -2.47. The van der Waals surface area contributed by atoms with Crippen molar-refractivity contribution < 1.29 is 23.1 Å². The maximum absolute atomic E-state index is 13.7. The van der Waals surface area contributed by atoms with E-state index >= 15 is 0 Å². The molecule has 2 heterocycles. The molecule has 6 rings (SSSR count). The molecule has 0 spiro atoms. The van der Waals surface area contributed by atoms with Crippen LogP contribution in [0.15, 0.2) is 48.6 Å². The Morgan fingerprint density at radius 1 is 1.13 bits per heavy atom. The molecular weight excluding hydrogens is 608 g/mol. The van der Waals surface area contributed by atoms with Crippen LogP contribution in [0.1, 0.15) is 87.2 Å². The molecule has 2 aliphatic heterocycles. The third-order valence-corrected chi connectivity index (χ3v) is 12.8. The smallest absolute Gasteiger partial charge is 0.264 e. The number of aryl methyl sites for hydroxylation is 1. The van der Waals surface area contributed by atoms with Gasteiger partial charge in [0.05, 0.1) is 23.6 Å². The summed E-state index contributed by atoms with van der Waals surface area (Å²) < 4.78 is 36.4. The van der Waals surface area contributed by atoms with Crippen LogP contribution in [0.2, 0.25) is 5.02 Å². The summed E-state index contributed by atoms with van der Waals surface area (Å²) in [5.41, 5.74) is 3.09. The van der Waals surface area contributed by atoms with Gasteiger partial charge < -0.3 is 14.7 Å². The van der Waals surface area contributed by atoms with Gasteiger partial charge in [0, 0.05) is 29.1 Å². The van der Waals surface area contributed by atoms with E-state index in [2.05, 4.69) is 35.6 Å². The topological polar surface area (TPSA) is 95.9 Å². The summed E-state index contributed by atoms with van der Waals surface area (Å²) in [6.07, 6.45) is 10.2. The highest BCUT2D eigenvalue weighted by molar-refractivity contribution is 7.90. The number of anilines is 1. The molecule has 7 nitrogen and oxygen atoms in total. The second-order valence-corrected chi connectivity index (χ2v) is 16.6. The molecule has 4 aliphatic rings. The van der Waals surface area contributed by atoms with Crippen molar-refractivity contribution in [3.8, 4) is 5.75 Å². The summed E-state index contributed by atoms with van der Waals surface area (Å²) in [6, 6.07) is 11.4. The van der Waals surface area contributed by atoms with Crippen molar-refractivity contribution in [1.29, 1.82) is 0 Å². The number of benzene rings is 2. The standard InChI is InChI=1S/C36H47ClN2O5S/c1-4-6-25-18-28(37)13-15-30(25)36(3)21-39-20-27-11-14-29(27)32(40)8-5-7-23(2)34(17-24-9-10-24)45(42,43)38-35(41)26-12-16-33(44-22-36)31(39)19-26/h5,8,12-13,15-16,18-19,23-24,27,29,32,34,40H,4,6-7,9-11,14,17,20-22H2,1-3H3,(H,38,41)/b8-5+/t23-,27?,29?,32?,34+,36+/m1/s1. The fourth-order valence-corrected chi connectivity index (χ4v) is 9.63. The molecule has 9 heteroatoms. The van der Waals surface area contributed by atoms with Crippen molar-refractivity contribution in [3.63, 3.8) is 0 Å². The summed E-state index contributed by atoms with van der Waals surface area (Å²) in [4.78, 5) is 15.9. The van der Waals surface area contributed by atoms with Gasteiger partial charge in [-0.05, 0) is 97.2 Å². The summed E-state index contributed by atoms with van der Waals surface area (Å²) >= 11 is 6.44. The number of ether oxygens (including phenoxy) is 1. The number of allylic oxidation sites excluding steroid dienone is 1. The maximum atomic E-state index is 13.7. The Morgan fingerprint density at radius 2 is 1.93 bits per heavy atom. The summed E-state index contributed by atoms with van der Waals surface area (Å²) in [5, 5.41) is 11.3. The number of sulfonamides is 1. The Balaban J connectivity index is 1.40. The number of amides is 1. The molecule has 1 amide bonds. The van der Waals surface area contributed by atoms with Gasteiger partial charge in [-0.3, -0.25) is 4.79 Å². The molecule has 2 fully saturated rings. The normalized spacial score (nSPS) is 32.3. The van der Waals surface area contributed by atoms with Crippen LogP contribution in [0.3, 0.4) is 0 Å². The molecule has 6 atom stereocenters. The fourth-order valence-electron chi connectivity index (χ4n) is 7.66. The highest BCUT2D eigenvalue weighted by atomic mass is 35.5. The zero-order chi connectivity index (χ0) is 31.9. The lowest BCUT2D eigenvalue weighted by atomic mass is 9.70. The number of halogens is 1. The number of carbonyl (C=O) groups excluding carboxylic acids is 1. The molecular formula is C36H47ClN2O5S. The molecule has 2 aliphatic carbocycles. The van der Waals surface area contributed by atoms with Crippen molar-refractivity contribution in [1.82, 2.24) is 4.72 Å². The van der Waals surface area contributed by atoms with Crippen LogP contribution in [0.25, 0.3) is 0 Å². The fraction of sp³-hybridized carbons (Fsp3) is 0.583. The predicted molar refractivity (Wildman–Crippen MR) is 180 cm³/mol. The molecule has 0 radical (unpaired) electrons. The minimum Gasteiger partial charge on any atom is -0.490 e. The largest absolute Gasteiger partial charge is 0.490 e. The molecule has 3 unspecified atom stereocenters. The molecule has 0 saturated heterocycles. The van der Waals surface area contributed by atoms with Crippen molar-refractivity contribution in [2.45, 2.75) is 88.9 Å². The number of carbonyl (C=O) groups is 1. The van der Waals surface area contributed by atoms with Crippen LogP contribution in [0.4, 0.5) is 5.69 Å². The van der Waals surface area contributed by atoms with Gasteiger partial charge in [0.1, 0.15) is 5.75 Å². The molecule has 45 heavy (non-hydrogen) atoms. The molecule has 2 aromatic carbocycles. The maximum Gasteiger partial charge on any atom is 0.264 e. The van der Waals surface area contributed by atoms with E-state index in [4.69, 9.17) is 16.3 Å². The van der Waals surface area contributed by atoms with Crippen LogP contribution in [0.5, 0.6) is 5.75 Å². The first-order valence-electron chi connectivity index (χ1n) is 16.7. The molecule has 2 N–H and O–H groups in total. The summed E-state index contributed by atoms with van der Waals surface area (Å²) in [6.45, 7) is 8.09. The Morgan fingerprint density at radius 3 is 2.64 bits per heavy atom. The van der Waals surface area contributed by atoms with Crippen LogP contribution in [-0.4, -0.2) is 50.5 Å². The van der Waals surface area contributed by atoms with Crippen LogP contribution < -0.4 is 14.4 Å². The number of nitrogens with one attached hydrogen (secondary N) is 1. The van der Waals surface area contributed by atoms with Crippen LogP contribution >= 0.6 is 11.6 Å². The zero-order valence-electron chi connectivity index (χ0n) is 26.7. The third kappa shape index (κ3) is 6.93. The minimum absolute atomic E-state index is 0.118. The van der Waals surface area contributed by atoms with Gasteiger partial charge in [-0.25, -0.2) is 13.1 Å². The number of aliphatic hydroxyl groups is 1. The highest BCUT2D eigenvalue weighted by Crippen LogP contribution is 2.44. The molecule has 0 aromatic heterocycles. The van der Waals surface area contributed by atoms with Crippen LogP contribution in [0, 0.1) is 23.7 Å². The average Bonchev–Trinajstić information content (AvgIpc) is 3.81. The number of nitrogens with zero attached hydrogens (tertiary/aromatic N) is 1. The third-order valence-electron chi connectivity index (χ3n) is 10.6. The first-order valence-corrected chi connectivity index (χ1v) is 18.6. The first-order chi connectivity index (χ1) is 21.5. The van der Waals surface area contributed by atoms with Crippen molar-refractivity contribution in [2.24, 2.45) is 23.7 Å². The van der Waals surface area contributed by atoms with E-state index in [0.717, 1.165) is 44.2 Å². The Labute approximate surface area is 273 Å². The second-order valence-electron chi connectivity index (χ2n) is 14.3. The number of hydrogen-bond donors (Lipinski definition) is 2. The lowest BCUT2D eigenvalue weighted by Gasteiger charge is -2.44. The van der Waals surface area contributed by atoms with E-state index in [0.29, 0.717) is 54.8 Å². The highest BCUT2D eigenvalue weighted by Gasteiger charge is 2.42. The molecule has 2 saturated carbocycles. The van der Waals surface area contributed by atoms with Gasteiger partial charge in [-0.1, -0.05) is 69.9 Å². The number of hydrogen-bond acceptors (Lipinski definition) is 6. The molecule has 2 aromatic rings. The van der Waals surface area contributed by atoms with E-state index < -0.39 is 27.3 Å². The van der Waals surface area contributed by atoms with Gasteiger partial charge in [0.2, 0.25) is 10.0 Å². The van der Waals surface area contributed by atoms with Gasteiger partial charge in [0.15, 0.2) is 0 Å². The van der Waals surface area contributed by atoms with Crippen LogP contribution in [-0.2, 0) is 21.9 Å². The predicted octanol–water partition coefficient (Wildman–Crippen LogP) is 6.66. The monoisotopic (exact) mass is 654 g/mol. The molecule has 244 valence electrons. The number of rotatable bonds is 5. The Bertz CT molecular complexity index is 1560. The second kappa shape index (κ2) is 12.9. The number of fused-ring (bicyclic) bond motifs is 2. The van der Waals surface area contributed by atoms with E-state index in [1.807, 2.05) is 25.1 Å². The first kappa shape index (κ1) is 32.4. The van der Waals surface area contributed by atoms with Crippen molar-refractivity contribution in [3.05, 3.63) is 70.3 Å². The quantitative estimate of drug-likeness (QED) is 0.350. The lowest BCUT2D eigenvalue weighted by molar-refractivity contribution is 0.0457. The molecule has 2 bridgehead atoms. The van der Waals surface area contributed by atoms with Gasteiger partial charge in [-0.15, -0.1) is 0 Å². The Hall–Kier alpha value is -2.55. The van der Waals surface area contributed by atoms with E-state index in [1.54, 1.807) is 18.2 Å². The summed E-state index contributed by atoms with van der Waals surface area (Å²) in [5.74, 6) is 0.634. The SMILES string of the molecule is CCCc1cc(Cl)ccc1[C@]1(C)COc2ccc3cc2N(CC2CCC2C(O)/C=C/C[C@@H](C)[C@H](CC2CC2)S(=O)(=O)NC3=O)C1. The Kier molecular flexibility index (Phi) is 9.30. The van der Waals surface area contributed by atoms with Gasteiger partial charge >= 0.3 is 0 Å². The van der Waals surface area contributed by atoms with E-state index in [1.165, 1.54) is 11.1 Å². The summed E-state index contributed by atoms with van der Waals surface area (Å²) in [7, 11) is -3.94. The zero-order valence-corrected chi connectivity index (χ0v) is 28.2. The van der Waals surface area contributed by atoms with Crippen molar-refractivity contribution >= 4 is 33.2 Å². The van der Waals surface area contributed by atoms with Crippen molar-refractivity contribution in [2.75, 3.05) is 24.6 Å².